The molecular weight excluding hydrogens is 346 g/mol. The van der Waals surface area contributed by atoms with Gasteiger partial charge in [0.2, 0.25) is 5.91 Å². The van der Waals surface area contributed by atoms with E-state index in [9.17, 15) is 14.4 Å². The highest BCUT2D eigenvalue weighted by Gasteiger charge is 2.26. The molecule has 1 amide bonds. The monoisotopic (exact) mass is 379 g/mol. The third-order valence-corrected chi connectivity index (χ3v) is 4.69. The first-order valence-corrected chi connectivity index (χ1v) is 9.86. The van der Waals surface area contributed by atoms with Gasteiger partial charge in [-0.1, -0.05) is 34.1 Å². The molecule has 1 aliphatic rings. The minimum atomic E-state index is -0.606. The van der Waals surface area contributed by atoms with Crippen molar-refractivity contribution in [2.45, 2.75) is 53.5 Å². The highest BCUT2D eigenvalue weighted by molar-refractivity contribution is 5.96. The van der Waals surface area contributed by atoms with Crippen molar-refractivity contribution in [2.24, 2.45) is 11.8 Å². The summed E-state index contributed by atoms with van der Waals surface area (Å²) in [6.45, 7) is 10.7. The lowest BCUT2D eigenvalue weighted by molar-refractivity contribution is -0.120. The number of likely N-dealkylation sites (tertiary alicyclic amines) is 1. The second kappa shape index (κ2) is 9.21. The summed E-state index contributed by atoms with van der Waals surface area (Å²) in [4.78, 5) is 43.7. The van der Waals surface area contributed by atoms with Crippen LogP contribution in [0, 0.1) is 11.8 Å². The Morgan fingerprint density at radius 3 is 2.30 bits per heavy atom. The zero-order valence-corrected chi connectivity index (χ0v) is 17.0. The van der Waals surface area contributed by atoms with E-state index >= 15 is 0 Å². The number of nitrogen functional groups attached to an aromatic ring is 1. The van der Waals surface area contributed by atoms with Gasteiger partial charge in [0.15, 0.2) is 5.69 Å². The number of carbonyl (C=O) groups is 1. The van der Waals surface area contributed by atoms with Crippen LogP contribution >= 0.6 is 0 Å². The molecule has 2 rings (SSSR count). The predicted octanol–water partition coefficient (Wildman–Crippen LogP) is 1.25. The van der Waals surface area contributed by atoms with Gasteiger partial charge in [0.25, 0.3) is 5.56 Å². The molecule has 0 bridgehead atoms. The van der Waals surface area contributed by atoms with E-state index in [1.165, 1.54) is 15.9 Å². The van der Waals surface area contributed by atoms with Gasteiger partial charge in [-0.15, -0.1) is 0 Å². The van der Waals surface area contributed by atoms with Gasteiger partial charge in [-0.25, -0.2) is 4.79 Å². The van der Waals surface area contributed by atoms with E-state index in [-0.39, 0.29) is 35.8 Å². The molecule has 27 heavy (non-hydrogen) atoms. The van der Waals surface area contributed by atoms with E-state index < -0.39 is 11.2 Å². The van der Waals surface area contributed by atoms with Crippen molar-refractivity contribution < 1.29 is 4.79 Å². The number of anilines is 2. The van der Waals surface area contributed by atoms with Crippen molar-refractivity contribution in [3.63, 3.8) is 0 Å². The molecule has 1 aliphatic heterocycles. The molecule has 8 heteroatoms. The lowest BCUT2D eigenvalue weighted by atomic mass is 10.1. The zero-order chi connectivity index (χ0) is 20.1. The average molecular weight is 380 g/mol. The van der Waals surface area contributed by atoms with Crippen LogP contribution in [0.1, 0.15) is 47.0 Å². The van der Waals surface area contributed by atoms with Crippen LogP contribution in [0.4, 0.5) is 11.5 Å². The molecule has 0 unspecified atom stereocenters. The Bertz CT molecular complexity index is 760. The SMILES string of the molecule is CC(C)CN(C(=O)CN1CCCCC1)c1c(N)n(CC(C)C)c(=O)[nH]c1=O. The van der Waals surface area contributed by atoms with E-state index in [0.29, 0.717) is 13.1 Å². The van der Waals surface area contributed by atoms with Crippen molar-refractivity contribution in [1.29, 1.82) is 0 Å². The highest BCUT2D eigenvalue weighted by Crippen LogP contribution is 2.20. The maximum absolute atomic E-state index is 13.1. The predicted molar refractivity (Wildman–Crippen MR) is 108 cm³/mol. The number of aromatic nitrogens is 2. The van der Waals surface area contributed by atoms with Gasteiger partial charge in [0.05, 0.1) is 6.54 Å². The van der Waals surface area contributed by atoms with Gasteiger partial charge in [-0.05, 0) is 37.8 Å². The van der Waals surface area contributed by atoms with Crippen molar-refractivity contribution in [2.75, 3.05) is 36.8 Å². The quantitative estimate of drug-likeness (QED) is 0.742. The number of rotatable bonds is 7. The van der Waals surface area contributed by atoms with Gasteiger partial charge in [-0.2, -0.15) is 0 Å². The van der Waals surface area contributed by atoms with E-state index in [0.717, 1.165) is 25.9 Å². The van der Waals surface area contributed by atoms with Crippen LogP contribution in [-0.2, 0) is 11.3 Å². The molecule has 3 N–H and O–H groups in total. The molecule has 152 valence electrons. The summed E-state index contributed by atoms with van der Waals surface area (Å²) in [5, 5.41) is 0. The largest absolute Gasteiger partial charge is 0.383 e. The topological polar surface area (TPSA) is 104 Å². The number of nitrogens with one attached hydrogen (secondary N) is 1. The number of amides is 1. The normalized spacial score (nSPS) is 15.5. The number of nitrogens with zero attached hydrogens (tertiary/aromatic N) is 3. The maximum atomic E-state index is 13.1. The Balaban J connectivity index is 2.41. The van der Waals surface area contributed by atoms with E-state index in [1.807, 2.05) is 27.7 Å². The Morgan fingerprint density at radius 1 is 1.11 bits per heavy atom. The van der Waals surface area contributed by atoms with Crippen molar-refractivity contribution in [1.82, 2.24) is 14.5 Å². The third kappa shape index (κ3) is 5.45. The number of hydrogen-bond donors (Lipinski definition) is 2. The van der Waals surface area contributed by atoms with Crippen LogP contribution in [0.5, 0.6) is 0 Å². The molecule has 0 atom stereocenters. The van der Waals surface area contributed by atoms with E-state index in [4.69, 9.17) is 5.73 Å². The minimum absolute atomic E-state index is 0.0603. The van der Waals surface area contributed by atoms with Gasteiger partial charge in [-0.3, -0.25) is 24.0 Å². The Labute approximate surface area is 160 Å². The summed E-state index contributed by atoms with van der Waals surface area (Å²) in [5.74, 6) is 0.230. The summed E-state index contributed by atoms with van der Waals surface area (Å²) in [6.07, 6.45) is 3.35. The highest BCUT2D eigenvalue weighted by atomic mass is 16.2. The summed E-state index contributed by atoms with van der Waals surface area (Å²) in [5.41, 5.74) is 5.16. The first-order valence-electron chi connectivity index (χ1n) is 9.86. The second-order valence-corrected chi connectivity index (χ2v) is 8.23. The maximum Gasteiger partial charge on any atom is 0.330 e. The summed E-state index contributed by atoms with van der Waals surface area (Å²) >= 11 is 0. The first kappa shape index (κ1) is 21.2. The van der Waals surface area contributed by atoms with Crippen molar-refractivity contribution >= 4 is 17.4 Å². The Morgan fingerprint density at radius 2 is 1.74 bits per heavy atom. The molecule has 1 saturated heterocycles. The number of piperidine rings is 1. The molecule has 1 fully saturated rings. The molecule has 0 aromatic carbocycles. The van der Waals surface area contributed by atoms with Gasteiger partial charge in [0, 0.05) is 13.1 Å². The fraction of sp³-hybridized carbons (Fsp3) is 0.737. The van der Waals surface area contributed by atoms with Crippen LogP contribution in [0.2, 0.25) is 0 Å². The molecule has 0 saturated carbocycles. The number of hydrogen-bond acceptors (Lipinski definition) is 5. The average Bonchev–Trinajstić information content (AvgIpc) is 2.58. The van der Waals surface area contributed by atoms with Crippen LogP contribution < -0.4 is 21.9 Å². The summed E-state index contributed by atoms with van der Waals surface area (Å²) < 4.78 is 1.35. The molecule has 0 aliphatic carbocycles. The molecule has 8 nitrogen and oxygen atoms in total. The van der Waals surface area contributed by atoms with Crippen LogP contribution in [-0.4, -0.2) is 46.5 Å². The number of H-pyrrole nitrogens is 1. The third-order valence-electron chi connectivity index (χ3n) is 4.69. The van der Waals surface area contributed by atoms with Gasteiger partial charge in [0.1, 0.15) is 5.82 Å². The van der Waals surface area contributed by atoms with Gasteiger partial charge >= 0.3 is 5.69 Å². The molecule has 1 aromatic heterocycles. The fourth-order valence-corrected chi connectivity index (χ4v) is 3.46. The van der Waals surface area contributed by atoms with Crippen molar-refractivity contribution in [3.8, 4) is 0 Å². The van der Waals surface area contributed by atoms with E-state index in [2.05, 4.69) is 9.88 Å². The summed E-state index contributed by atoms with van der Waals surface area (Å²) in [7, 11) is 0. The van der Waals surface area contributed by atoms with Crippen LogP contribution in [0.25, 0.3) is 0 Å². The van der Waals surface area contributed by atoms with E-state index in [1.54, 1.807) is 0 Å². The number of aromatic amines is 1. The standard InChI is InChI=1S/C19H33N5O3/c1-13(2)10-23(15(25)12-22-8-6-5-7-9-22)16-17(20)24(11-14(3)4)19(27)21-18(16)26/h13-14H,5-12,20H2,1-4H3,(H,21,26,27). The molecular formula is C19H33N5O3. The molecule has 0 spiro atoms. The second-order valence-electron chi connectivity index (χ2n) is 8.23. The van der Waals surface area contributed by atoms with Crippen molar-refractivity contribution in [3.05, 3.63) is 20.8 Å². The van der Waals surface area contributed by atoms with Gasteiger partial charge < -0.3 is 10.6 Å². The summed E-state index contributed by atoms with van der Waals surface area (Å²) in [6, 6.07) is 0. The fourth-order valence-electron chi connectivity index (χ4n) is 3.46. The molecule has 1 aromatic rings. The lowest BCUT2D eigenvalue weighted by Crippen LogP contribution is -2.47. The first-order chi connectivity index (χ1) is 12.7. The lowest BCUT2D eigenvalue weighted by Gasteiger charge is -2.31. The van der Waals surface area contributed by atoms with Crippen LogP contribution in [0.15, 0.2) is 9.59 Å². The number of carbonyl (C=O) groups excluding carboxylic acids is 1. The Kier molecular flexibility index (Phi) is 7.24. The number of nitrogens with two attached hydrogens (primary N) is 1. The molecule has 0 radical (unpaired) electrons. The van der Waals surface area contributed by atoms with Crippen LogP contribution in [0.3, 0.4) is 0 Å². The smallest absolute Gasteiger partial charge is 0.330 e. The molecule has 2 heterocycles. The minimum Gasteiger partial charge on any atom is -0.383 e. The zero-order valence-electron chi connectivity index (χ0n) is 17.0. The Hall–Kier alpha value is -2.09.